The van der Waals surface area contributed by atoms with Crippen LogP contribution in [0.2, 0.25) is 0 Å². The molecule has 0 radical (unpaired) electrons. The number of carbonyl (C=O) groups excluding carboxylic acids is 1. The Labute approximate surface area is 170 Å². The van der Waals surface area contributed by atoms with Crippen LogP contribution >= 0.6 is 21.6 Å². The maximum atomic E-state index is 12.0. The number of rotatable bonds is 9. The van der Waals surface area contributed by atoms with E-state index in [1.165, 1.54) is 30.6 Å². The van der Waals surface area contributed by atoms with Crippen molar-refractivity contribution in [2.45, 2.75) is 57.6 Å². The molecular weight excluding hydrogens is 374 g/mol. The SMILES string of the molecule is Cc1cc(C)n(-c2ccc(CCNC(=O)CCCCC3CCSS3)cc2)n1. The highest BCUT2D eigenvalue weighted by Crippen LogP contribution is 2.39. The number of hydrogen-bond acceptors (Lipinski definition) is 4. The molecule has 2 heterocycles. The molecule has 6 heteroatoms. The third kappa shape index (κ3) is 6.32. The maximum absolute atomic E-state index is 12.0. The van der Waals surface area contributed by atoms with Crippen LogP contribution in [0.15, 0.2) is 30.3 Å². The Kier molecular flexibility index (Phi) is 7.70. The van der Waals surface area contributed by atoms with Gasteiger partial charge in [-0.1, -0.05) is 40.1 Å². The zero-order valence-corrected chi connectivity index (χ0v) is 17.9. The largest absolute Gasteiger partial charge is 0.356 e. The van der Waals surface area contributed by atoms with Gasteiger partial charge in [0, 0.05) is 29.7 Å². The van der Waals surface area contributed by atoms with Crippen molar-refractivity contribution in [3.63, 3.8) is 0 Å². The molecule has 1 unspecified atom stereocenters. The predicted molar refractivity (Wildman–Crippen MR) is 117 cm³/mol. The summed E-state index contributed by atoms with van der Waals surface area (Å²) in [5.74, 6) is 1.47. The van der Waals surface area contributed by atoms with Crippen molar-refractivity contribution in [3.05, 3.63) is 47.3 Å². The van der Waals surface area contributed by atoms with Crippen LogP contribution in [0.5, 0.6) is 0 Å². The zero-order chi connectivity index (χ0) is 19.1. The Morgan fingerprint density at radius 2 is 2.07 bits per heavy atom. The van der Waals surface area contributed by atoms with Crippen molar-refractivity contribution < 1.29 is 4.79 Å². The van der Waals surface area contributed by atoms with Crippen molar-refractivity contribution in [2.24, 2.45) is 0 Å². The first-order valence-electron chi connectivity index (χ1n) is 9.79. The van der Waals surface area contributed by atoms with Gasteiger partial charge in [-0.3, -0.25) is 4.79 Å². The molecular formula is C21H29N3OS2. The lowest BCUT2D eigenvalue weighted by molar-refractivity contribution is -0.121. The molecule has 1 saturated heterocycles. The highest BCUT2D eigenvalue weighted by atomic mass is 33.1. The fraction of sp³-hybridized carbons (Fsp3) is 0.524. The second-order valence-electron chi connectivity index (χ2n) is 7.18. The van der Waals surface area contributed by atoms with Gasteiger partial charge in [0.15, 0.2) is 0 Å². The van der Waals surface area contributed by atoms with Crippen molar-refractivity contribution in [3.8, 4) is 5.69 Å². The van der Waals surface area contributed by atoms with E-state index in [1.807, 2.05) is 33.2 Å². The fourth-order valence-corrected chi connectivity index (χ4v) is 6.38. The van der Waals surface area contributed by atoms with Crippen LogP contribution in [0.25, 0.3) is 5.69 Å². The van der Waals surface area contributed by atoms with Gasteiger partial charge in [0.2, 0.25) is 5.91 Å². The van der Waals surface area contributed by atoms with E-state index in [-0.39, 0.29) is 5.91 Å². The predicted octanol–water partition coefficient (Wildman–Crippen LogP) is 4.86. The normalized spacial score (nSPS) is 16.6. The Morgan fingerprint density at radius 3 is 2.74 bits per heavy atom. The summed E-state index contributed by atoms with van der Waals surface area (Å²) in [6.07, 6.45) is 6.28. The standard InChI is InChI=1S/C21H29N3OS2/c1-16-15-17(2)24(23-16)19-9-7-18(8-10-19)11-13-22-21(25)6-4-3-5-20-12-14-26-27-20/h7-10,15,20H,3-6,11-14H2,1-2H3,(H,22,25). The quantitative estimate of drug-likeness (QED) is 0.480. The van der Waals surface area contributed by atoms with Crippen LogP contribution in [-0.4, -0.2) is 33.2 Å². The maximum Gasteiger partial charge on any atom is 0.220 e. The van der Waals surface area contributed by atoms with Crippen LogP contribution < -0.4 is 5.32 Å². The van der Waals surface area contributed by atoms with Gasteiger partial charge < -0.3 is 5.32 Å². The summed E-state index contributed by atoms with van der Waals surface area (Å²) in [7, 11) is 4.01. The number of hydrogen-bond donors (Lipinski definition) is 1. The van der Waals surface area contributed by atoms with Gasteiger partial charge in [-0.25, -0.2) is 4.68 Å². The summed E-state index contributed by atoms with van der Waals surface area (Å²) in [6.45, 7) is 4.77. The summed E-state index contributed by atoms with van der Waals surface area (Å²) < 4.78 is 1.96. The molecule has 2 aromatic rings. The molecule has 4 nitrogen and oxygen atoms in total. The summed E-state index contributed by atoms with van der Waals surface area (Å²) >= 11 is 0. The monoisotopic (exact) mass is 403 g/mol. The third-order valence-electron chi connectivity index (χ3n) is 4.83. The first-order valence-corrected chi connectivity index (χ1v) is 12.2. The zero-order valence-electron chi connectivity index (χ0n) is 16.2. The number of carbonyl (C=O) groups is 1. The topological polar surface area (TPSA) is 46.9 Å². The number of amides is 1. The highest BCUT2D eigenvalue weighted by Gasteiger charge is 2.15. The lowest BCUT2D eigenvalue weighted by Crippen LogP contribution is -2.25. The minimum absolute atomic E-state index is 0.183. The van der Waals surface area contributed by atoms with Crippen LogP contribution in [0, 0.1) is 13.8 Å². The summed E-state index contributed by atoms with van der Waals surface area (Å²) in [5, 5.41) is 8.38. The van der Waals surface area contributed by atoms with Crippen molar-refractivity contribution in [1.29, 1.82) is 0 Å². The average molecular weight is 404 g/mol. The number of nitrogens with one attached hydrogen (secondary N) is 1. The Hall–Kier alpha value is -1.40. The molecule has 3 rings (SSSR count). The van der Waals surface area contributed by atoms with E-state index in [9.17, 15) is 4.79 Å². The van der Waals surface area contributed by atoms with E-state index in [0.29, 0.717) is 13.0 Å². The Bertz CT molecular complexity index is 736. The third-order valence-corrected chi connectivity index (χ3v) is 7.84. The van der Waals surface area contributed by atoms with E-state index in [0.717, 1.165) is 35.2 Å². The van der Waals surface area contributed by atoms with E-state index in [4.69, 9.17) is 0 Å². The first-order chi connectivity index (χ1) is 13.1. The molecule has 1 fully saturated rings. The van der Waals surface area contributed by atoms with Gasteiger partial charge in [-0.05, 0) is 63.3 Å². The molecule has 0 bridgehead atoms. The smallest absolute Gasteiger partial charge is 0.220 e. The highest BCUT2D eigenvalue weighted by molar-refractivity contribution is 8.77. The van der Waals surface area contributed by atoms with Crippen molar-refractivity contribution >= 4 is 27.5 Å². The van der Waals surface area contributed by atoms with Crippen LogP contribution in [-0.2, 0) is 11.2 Å². The van der Waals surface area contributed by atoms with Crippen LogP contribution in [0.4, 0.5) is 0 Å². The lowest BCUT2D eigenvalue weighted by atomic mass is 10.1. The molecule has 1 N–H and O–H groups in total. The molecule has 1 aliphatic rings. The number of aromatic nitrogens is 2. The second-order valence-corrected chi connectivity index (χ2v) is 9.97. The van der Waals surface area contributed by atoms with E-state index >= 15 is 0 Å². The van der Waals surface area contributed by atoms with Gasteiger partial charge in [0.25, 0.3) is 0 Å². The summed E-state index contributed by atoms with van der Waals surface area (Å²) in [5.41, 5.74) is 4.47. The average Bonchev–Trinajstić information content (AvgIpc) is 3.29. The molecule has 1 amide bonds. The molecule has 27 heavy (non-hydrogen) atoms. The lowest BCUT2D eigenvalue weighted by Gasteiger charge is -2.08. The van der Waals surface area contributed by atoms with E-state index in [2.05, 4.69) is 47.7 Å². The first kappa shape index (κ1) is 20.3. The molecule has 146 valence electrons. The van der Waals surface area contributed by atoms with Gasteiger partial charge in [0.1, 0.15) is 0 Å². The van der Waals surface area contributed by atoms with Crippen LogP contribution in [0.3, 0.4) is 0 Å². The number of benzene rings is 1. The number of unbranched alkanes of at least 4 members (excludes halogenated alkanes) is 1. The molecule has 0 spiro atoms. The number of nitrogens with zero attached hydrogens (tertiary/aromatic N) is 2. The van der Waals surface area contributed by atoms with Gasteiger partial charge in [-0.15, -0.1) is 0 Å². The molecule has 1 atom stereocenters. The second kappa shape index (κ2) is 10.2. The minimum Gasteiger partial charge on any atom is -0.356 e. The fourth-order valence-electron chi connectivity index (χ4n) is 3.35. The summed E-state index contributed by atoms with van der Waals surface area (Å²) in [6, 6.07) is 10.5. The minimum atomic E-state index is 0.183. The van der Waals surface area contributed by atoms with Crippen LogP contribution in [0.1, 0.15) is 49.1 Å². The Morgan fingerprint density at radius 1 is 1.26 bits per heavy atom. The van der Waals surface area contributed by atoms with Gasteiger partial charge in [0.05, 0.1) is 11.4 Å². The van der Waals surface area contributed by atoms with E-state index in [1.54, 1.807) is 0 Å². The Balaban J connectivity index is 1.33. The van der Waals surface area contributed by atoms with E-state index < -0.39 is 0 Å². The molecule has 1 aromatic carbocycles. The van der Waals surface area contributed by atoms with Gasteiger partial charge in [-0.2, -0.15) is 5.10 Å². The molecule has 1 aliphatic heterocycles. The van der Waals surface area contributed by atoms with Crippen molar-refractivity contribution in [1.82, 2.24) is 15.1 Å². The van der Waals surface area contributed by atoms with Crippen molar-refractivity contribution in [2.75, 3.05) is 12.3 Å². The molecule has 1 aromatic heterocycles. The van der Waals surface area contributed by atoms with Gasteiger partial charge >= 0.3 is 0 Å². The molecule has 0 aliphatic carbocycles. The summed E-state index contributed by atoms with van der Waals surface area (Å²) in [4.78, 5) is 12.0. The molecule has 0 saturated carbocycles. The number of aryl methyl sites for hydroxylation is 2.